The van der Waals surface area contributed by atoms with Crippen molar-refractivity contribution in [3.05, 3.63) is 36.7 Å². The quantitative estimate of drug-likeness (QED) is 0.767. The molecule has 1 aromatic carbocycles. The van der Waals surface area contributed by atoms with Crippen molar-refractivity contribution in [3.63, 3.8) is 0 Å². The number of para-hydroxylation sites is 1. The summed E-state index contributed by atoms with van der Waals surface area (Å²) in [5.74, 6) is 0.949. The molecule has 8 heteroatoms. The van der Waals surface area contributed by atoms with Crippen molar-refractivity contribution in [1.29, 1.82) is 0 Å². The first-order valence-electron chi connectivity index (χ1n) is 8.63. The number of nitrogens with zero attached hydrogens (tertiary/aromatic N) is 6. The summed E-state index contributed by atoms with van der Waals surface area (Å²) in [6.45, 7) is 6.30. The zero-order valence-corrected chi connectivity index (χ0v) is 14.5. The summed E-state index contributed by atoms with van der Waals surface area (Å²) in [5, 5.41) is 10.9. The van der Waals surface area contributed by atoms with Gasteiger partial charge in [0.15, 0.2) is 0 Å². The highest BCUT2D eigenvalue weighted by molar-refractivity contribution is 5.75. The lowest BCUT2D eigenvalue weighted by Gasteiger charge is -2.27. The Morgan fingerprint density at radius 3 is 2.80 bits per heavy atom. The summed E-state index contributed by atoms with van der Waals surface area (Å²) >= 11 is 0. The summed E-state index contributed by atoms with van der Waals surface area (Å²) in [6, 6.07) is 10.2. The van der Waals surface area contributed by atoms with Crippen LogP contribution in [0.4, 0.5) is 0 Å². The van der Waals surface area contributed by atoms with Crippen molar-refractivity contribution < 1.29 is 9.53 Å². The number of carbonyl (C=O) groups is 1. The minimum absolute atomic E-state index is 0.0577. The van der Waals surface area contributed by atoms with Gasteiger partial charge in [0.1, 0.15) is 25.2 Å². The zero-order chi connectivity index (χ0) is 17.5. The van der Waals surface area contributed by atoms with Crippen LogP contribution in [0.3, 0.4) is 0 Å². The van der Waals surface area contributed by atoms with Gasteiger partial charge in [0, 0.05) is 32.2 Å². The molecular formula is C17H24N6O2. The number of ether oxygens (including phenoxy) is 1. The number of hydrogen-bond donors (Lipinski definition) is 0. The molecule has 1 saturated heterocycles. The molecule has 1 atom stereocenters. The maximum absolute atomic E-state index is 12.4. The molecule has 1 unspecified atom stereocenters. The third-order valence-electron chi connectivity index (χ3n) is 4.43. The van der Waals surface area contributed by atoms with Gasteiger partial charge in [0.2, 0.25) is 5.91 Å². The van der Waals surface area contributed by atoms with E-state index in [1.165, 1.54) is 11.0 Å². The second-order valence-electron chi connectivity index (χ2n) is 6.25. The lowest BCUT2D eigenvalue weighted by molar-refractivity contribution is -0.132. The smallest absolute Gasteiger partial charge is 0.244 e. The van der Waals surface area contributed by atoms with E-state index in [9.17, 15) is 4.79 Å². The van der Waals surface area contributed by atoms with Crippen molar-refractivity contribution in [2.24, 2.45) is 0 Å². The van der Waals surface area contributed by atoms with Gasteiger partial charge in [-0.05, 0) is 35.9 Å². The highest BCUT2D eigenvalue weighted by atomic mass is 16.5. The average molecular weight is 344 g/mol. The Morgan fingerprint density at radius 2 is 2.04 bits per heavy atom. The molecule has 0 bridgehead atoms. The molecule has 3 rings (SSSR count). The fourth-order valence-electron chi connectivity index (χ4n) is 2.96. The summed E-state index contributed by atoms with van der Waals surface area (Å²) in [6.07, 6.45) is 2.42. The summed E-state index contributed by atoms with van der Waals surface area (Å²) < 4.78 is 7.32. The van der Waals surface area contributed by atoms with Crippen molar-refractivity contribution in [2.45, 2.75) is 25.9 Å². The molecule has 0 aliphatic carbocycles. The molecule has 25 heavy (non-hydrogen) atoms. The van der Waals surface area contributed by atoms with Gasteiger partial charge in [-0.3, -0.25) is 9.69 Å². The van der Waals surface area contributed by atoms with E-state index in [4.69, 9.17) is 4.74 Å². The summed E-state index contributed by atoms with van der Waals surface area (Å²) in [5.41, 5.74) is 0. The highest BCUT2D eigenvalue weighted by Gasteiger charge is 2.22. The fraction of sp³-hybridized carbons (Fsp3) is 0.529. The minimum Gasteiger partial charge on any atom is -0.492 e. The molecular weight excluding hydrogens is 320 g/mol. The van der Waals surface area contributed by atoms with Crippen LogP contribution in [0.15, 0.2) is 36.7 Å². The lowest BCUT2D eigenvalue weighted by atomic mass is 10.2. The number of aromatic nitrogens is 4. The van der Waals surface area contributed by atoms with Crippen LogP contribution in [0, 0.1) is 0 Å². The van der Waals surface area contributed by atoms with Crippen LogP contribution in [0.5, 0.6) is 5.75 Å². The van der Waals surface area contributed by atoms with Crippen molar-refractivity contribution in [2.75, 3.05) is 32.8 Å². The monoisotopic (exact) mass is 344 g/mol. The van der Waals surface area contributed by atoms with E-state index in [0.717, 1.165) is 38.3 Å². The van der Waals surface area contributed by atoms with Crippen LogP contribution in [0.1, 0.15) is 13.3 Å². The first kappa shape index (κ1) is 17.3. The van der Waals surface area contributed by atoms with Crippen molar-refractivity contribution >= 4 is 5.91 Å². The largest absolute Gasteiger partial charge is 0.492 e. The maximum Gasteiger partial charge on any atom is 0.244 e. The number of tetrazole rings is 1. The Kier molecular flexibility index (Phi) is 5.95. The van der Waals surface area contributed by atoms with Gasteiger partial charge in [0.05, 0.1) is 0 Å². The third kappa shape index (κ3) is 4.99. The van der Waals surface area contributed by atoms with E-state index in [-0.39, 0.29) is 12.5 Å². The minimum atomic E-state index is 0.0577. The Labute approximate surface area is 147 Å². The Bertz CT molecular complexity index is 648. The first-order valence-corrected chi connectivity index (χ1v) is 8.63. The molecule has 1 aliphatic heterocycles. The zero-order valence-electron chi connectivity index (χ0n) is 14.5. The van der Waals surface area contributed by atoms with E-state index < -0.39 is 0 Å². The summed E-state index contributed by atoms with van der Waals surface area (Å²) in [7, 11) is 0. The maximum atomic E-state index is 12.4. The molecule has 2 heterocycles. The molecule has 1 fully saturated rings. The Hall–Kier alpha value is -2.48. The van der Waals surface area contributed by atoms with Crippen LogP contribution in [-0.2, 0) is 11.3 Å². The van der Waals surface area contributed by atoms with Crippen molar-refractivity contribution in [1.82, 2.24) is 30.0 Å². The molecule has 0 N–H and O–H groups in total. The fourth-order valence-corrected chi connectivity index (χ4v) is 2.96. The van der Waals surface area contributed by atoms with Crippen LogP contribution in [0.2, 0.25) is 0 Å². The van der Waals surface area contributed by atoms with Gasteiger partial charge >= 0.3 is 0 Å². The normalized spacial score (nSPS) is 17.1. The van der Waals surface area contributed by atoms with E-state index in [1.54, 1.807) is 0 Å². The average Bonchev–Trinajstić information content (AvgIpc) is 3.01. The van der Waals surface area contributed by atoms with E-state index in [2.05, 4.69) is 27.3 Å². The van der Waals surface area contributed by atoms with E-state index in [0.29, 0.717) is 12.6 Å². The van der Waals surface area contributed by atoms with Gasteiger partial charge in [-0.1, -0.05) is 18.2 Å². The van der Waals surface area contributed by atoms with Gasteiger partial charge in [-0.15, -0.1) is 5.10 Å². The van der Waals surface area contributed by atoms with Crippen LogP contribution < -0.4 is 4.74 Å². The molecule has 0 radical (unpaired) electrons. The number of amides is 1. The SMILES string of the molecule is CC(COc1ccccc1)N1CCCN(C(=O)Cn2cnnn2)CC1. The van der Waals surface area contributed by atoms with Gasteiger partial charge in [-0.2, -0.15) is 0 Å². The van der Waals surface area contributed by atoms with E-state index >= 15 is 0 Å². The van der Waals surface area contributed by atoms with Gasteiger partial charge < -0.3 is 9.64 Å². The number of benzene rings is 1. The number of hydrogen-bond acceptors (Lipinski definition) is 6. The molecule has 8 nitrogen and oxygen atoms in total. The van der Waals surface area contributed by atoms with Crippen LogP contribution in [0.25, 0.3) is 0 Å². The molecule has 134 valence electrons. The standard InChI is InChI=1S/C17H24N6O2/c1-15(13-25-16-6-3-2-4-7-16)21-8-5-9-22(11-10-21)17(24)12-23-14-18-19-20-23/h2-4,6-7,14-15H,5,8-13H2,1H3. The highest BCUT2D eigenvalue weighted by Crippen LogP contribution is 2.12. The molecule has 0 spiro atoms. The van der Waals surface area contributed by atoms with Crippen molar-refractivity contribution in [3.8, 4) is 5.75 Å². The van der Waals surface area contributed by atoms with Crippen LogP contribution in [-0.4, -0.2) is 74.7 Å². The lowest BCUT2D eigenvalue weighted by Crippen LogP contribution is -2.41. The second kappa shape index (κ2) is 8.57. The number of rotatable bonds is 6. The predicted octanol–water partition coefficient (Wildman–Crippen LogP) is 0.675. The topological polar surface area (TPSA) is 76.4 Å². The third-order valence-corrected chi connectivity index (χ3v) is 4.43. The molecule has 1 amide bonds. The first-order chi connectivity index (χ1) is 12.2. The second-order valence-corrected chi connectivity index (χ2v) is 6.25. The molecule has 1 aliphatic rings. The molecule has 0 saturated carbocycles. The Balaban J connectivity index is 1.46. The Morgan fingerprint density at radius 1 is 1.20 bits per heavy atom. The summed E-state index contributed by atoms with van der Waals surface area (Å²) in [4.78, 5) is 16.6. The van der Waals surface area contributed by atoms with Crippen LogP contribution >= 0.6 is 0 Å². The number of carbonyl (C=O) groups excluding carboxylic acids is 1. The molecule has 1 aromatic heterocycles. The van der Waals surface area contributed by atoms with Gasteiger partial charge in [0.25, 0.3) is 0 Å². The molecule has 2 aromatic rings. The predicted molar refractivity (Wildman–Crippen MR) is 92.0 cm³/mol. The van der Waals surface area contributed by atoms with Gasteiger partial charge in [-0.25, -0.2) is 4.68 Å². The van der Waals surface area contributed by atoms with E-state index in [1.807, 2.05) is 35.2 Å².